The molecule has 28 heavy (non-hydrogen) atoms. The van der Waals surface area contributed by atoms with Crippen LogP contribution in [0.5, 0.6) is 0 Å². The van der Waals surface area contributed by atoms with Crippen LogP contribution in [0.4, 0.5) is 0 Å². The molecule has 1 N–H and O–H groups in total. The van der Waals surface area contributed by atoms with Gasteiger partial charge in [-0.2, -0.15) is 0 Å². The van der Waals surface area contributed by atoms with Gasteiger partial charge in [0, 0.05) is 25.4 Å². The van der Waals surface area contributed by atoms with Gasteiger partial charge in [-0.1, -0.05) is 22.9 Å². The first-order chi connectivity index (χ1) is 13.5. The Morgan fingerprint density at radius 2 is 1.93 bits per heavy atom. The number of amides is 1. The molecule has 2 heterocycles. The number of likely N-dealkylation sites (tertiary alicyclic amines) is 1. The van der Waals surface area contributed by atoms with Crippen LogP contribution in [0, 0.1) is 12.8 Å². The number of carboxylic acid groups (broad SMARTS) is 1. The molecule has 1 aliphatic heterocycles. The highest BCUT2D eigenvalue weighted by atomic mass is 16.4. The molecule has 2 aromatic rings. The van der Waals surface area contributed by atoms with Gasteiger partial charge in [0.2, 0.25) is 0 Å². The van der Waals surface area contributed by atoms with E-state index in [1.165, 1.54) is 5.56 Å². The summed E-state index contributed by atoms with van der Waals surface area (Å²) in [5.41, 5.74) is 3.48. The second kappa shape index (κ2) is 7.73. The first-order valence-electron chi connectivity index (χ1n) is 10.1. The number of piperidine rings is 1. The van der Waals surface area contributed by atoms with E-state index < -0.39 is 5.97 Å². The van der Waals surface area contributed by atoms with Crippen LogP contribution in [-0.4, -0.2) is 50.0 Å². The molecule has 4 rings (SSSR count). The highest BCUT2D eigenvalue weighted by Gasteiger charge is 2.36. The lowest BCUT2D eigenvalue weighted by Crippen LogP contribution is -2.40. The normalized spacial score (nSPS) is 19.6. The van der Waals surface area contributed by atoms with Gasteiger partial charge in [0.1, 0.15) is 0 Å². The van der Waals surface area contributed by atoms with Crippen molar-refractivity contribution in [1.29, 1.82) is 0 Å². The lowest BCUT2D eigenvalue weighted by Gasteiger charge is -2.32. The molecule has 2 aliphatic rings. The lowest BCUT2D eigenvalue weighted by molar-refractivity contribution is -0.137. The number of nitrogens with zero attached hydrogens (tertiary/aromatic N) is 4. The molecule has 1 saturated carbocycles. The Morgan fingerprint density at radius 3 is 2.61 bits per heavy atom. The standard InChI is InChI=1S/C21H26N4O3/c1-14-4-9-17(10-5-14)25-20(16-7-8-16)19(22-23-25)21(28)24-12-2-3-15(13-24)6-11-18(26)27/h4-5,9-10,15-16H,2-3,6-8,11-13H2,1H3,(H,26,27)/t15-/m1/s1. The molecule has 148 valence electrons. The Balaban J connectivity index is 1.56. The molecule has 0 unspecified atom stereocenters. The number of aromatic nitrogens is 3. The third-order valence-electron chi connectivity index (χ3n) is 5.72. The van der Waals surface area contributed by atoms with Crippen LogP contribution in [0.25, 0.3) is 5.69 Å². The zero-order chi connectivity index (χ0) is 19.7. The van der Waals surface area contributed by atoms with Gasteiger partial charge < -0.3 is 10.0 Å². The smallest absolute Gasteiger partial charge is 0.303 e. The Kier molecular flexibility index (Phi) is 5.15. The topological polar surface area (TPSA) is 88.3 Å². The number of aryl methyl sites for hydroxylation is 1. The van der Waals surface area contributed by atoms with Crippen molar-refractivity contribution in [1.82, 2.24) is 19.9 Å². The lowest BCUT2D eigenvalue weighted by atomic mass is 9.93. The van der Waals surface area contributed by atoms with Gasteiger partial charge in [-0.15, -0.1) is 5.10 Å². The molecule has 1 aliphatic carbocycles. The number of hydrogen-bond acceptors (Lipinski definition) is 4. The minimum Gasteiger partial charge on any atom is -0.481 e. The summed E-state index contributed by atoms with van der Waals surface area (Å²) in [5, 5.41) is 17.5. The van der Waals surface area contributed by atoms with E-state index in [9.17, 15) is 9.59 Å². The Labute approximate surface area is 164 Å². The number of hydrogen-bond donors (Lipinski definition) is 1. The summed E-state index contributed by atoms with van der Waals surface area (Å²) >= 11 is 0. The van der Waals surface area contributed by atoms with Crippen LogP contribution in [-0.2, 0) is 4.79 Å². The monoisotopic (exact) mass is 382 g/mol. The van der Waals surface area contributed by atoms with Crippen LogP contribution in [0.3, 0.4) is 0 Å². The molecule has 0 spiro atoms. The zero-order valence-corrected chi connectivity index (χ0v) is 16.2. The van der Waals surface area contributed by atoms with E-state index in [0.717, 1.165) is 37.1 Å². The molecular formula is C21H26N4O3. The number of rotatable bonds is 6. The van der Waals surface area contributed by atoms with Crippen LogP contribution >= 0.6 is 0 Å². The van der Waals surface area contributed by atoms with Crippen molar-refractivity contribution >= 4 is 11.9 Å². The predicted octanol–water partition coefficient (Wildman–Crippen LogP) is 3.17. The molecule has 7 heteroatoms. The van der Waals surface area contributed by atoms with Crippen molar-refractivity contribution in [2.75, 3.05) is 13.1 Å². The molecule has 1 aromatic heterocycles. The van der Waals surface area contributed by atoms with Gasteiger partial charge >= 0.3 is 5.97 Å². The van der Waals surface area contributed by atoms with E-state index in [1.54, 1.807) is 0 Å². The number of carboxylic acids is 1. The highest BCUT2D eigenvalue weighted by Crippen LogP contribution is 2.42. The first kappa shape index (κ1) is 18.7. The van der Waals surface area contributed by atoms with Crippen molar-refractivity contribution in [2.45, 2.75) is 51.4 Å². The van der Waals surface area contributed by atoms with Crippen LogP contribution in [0.2, 0.25) is 0 Å². The van der Waals surface area contributed by atoms with E-state index in [-0.39, 0.29) is 18.2 Å². The van der Waals surface area contributed by atoms with Crippen molar-refractivity contribution in [3.05, 3.63) is 41.2 Å². The van der Waals surface area contributed by atoms with Crippen molar-refractivity contribution < 1.29 is 14.7 Å². The molecule has 2 fully saturated rings. The van der Waals surface area contributed by atoms with Crippen LogP contribution in [0.15, 0.2) is 24.3 Å². The van der Waals surface area contributed by atoms with Gasteiger partial charge in [-0.05, 0) is 57.1 Å². The highest BCUT2D eigenvalue weighted by molar-refractivity contribution is 5.93. The van der Waals surface area contributed by atoms with E-state index in [1.807, 2.05) is 40.8 Å². The Morgan fingerprint density at radius 1 is 1.18 bits per heavy atom. The average Bonchev–Trinajstić information content (AvgIpc) is 3.45. The van der Waals surface area contributed by atoms with Crippen LogP contribution < -0.4 is 0 Å². The Hall–Kier alpha value is -2.70. The van der Waals surface area contributed by atoms with Crippen molar-refractivity contribution in [2.24, 2.45) is 5.92 Å². The van der Waals surface area contributed by atoms with Gasteiger partial charge in [-0.3, -0.25) is 9.59 Å². The van der Waals surface area contributed by atoms with Crippen molar-refractivity contribution in [3.8, 4) is 5.69 Å². The summed E-state index contributed by atoms with van der Waals surface area (Å²) in [5.74, 6) is -0.269. The third kappa shape index (κ3) is 3.93. The summed E-state index contributed by atoms with van der Waals surface area (Å²) in [7, 11) is 0. The maximum Gasteiger partial charge on any atom is 0.303 e. The fraction of sp³-hybridized carbons (Fsp3) is 0.524. The summed E-state index contributed by atoms with van der Waals surface area (Å²) in [6.45, 7) is 3.34. The first-order valence-corrected chi connectivity index (χ1v) is 10.1. The SMILES string of the molecule is Cc1ccc(-n2nnc(C(=O)N3CCC[C@H](CCC(=O)O)C3)c2C2CC2)cc1. The van der Waals surface area contributed by atoms with Crippen LogP contribution in [0.1, 0.15) is 66.2 Å². The fourth-order valence-electron chi connectivity index (χ4n) is 4.00. The number of aliphatic carboxylic acids is 1. The molecule has 1 aromatic carbocycles. The number of carbonyl (C=O) groups excluding carboxylic acids is 1. The second-order valence-electron chi connectivity index (χ2n) is 8.04. The molecule has 1 atom stereocenters. The quantitative estimate of drug-likeness (QED) is 0.829. The molecular weight excluding hydrogens is 356 g/mol. The summed E-state index contributed by atoms with van der Waals surface area (Å²) in [6.07, 6.45) is 4.76. The maximum absolute atomic E-state index is 13.2. The van der Waals surface area contributed by atoms with Gasteiger partial charge in [0.15, 0.2) is 5.69 Å². The average molecular weight is 382 g/mol. The summed E-state index contributed by atoms with van der Waals surface area (Å²) in [4.78, 5) is 25.9. The van der Waals surface area contributed by atoms with E-state index in [0.29, 0.717) is 31.1 Å². The predicted molar refractivity (Wildman–Crippen MR) is 104 cm³/mol. The molecule has 1 saturated heterocycles. The fourth-order valence-corrected chi connectivity index (χ4v) is 4.00. The van der Waals surface area contributed by atoms with Gasteiger partial charge in [0.05, 0.1) is 11.4 Å². The Bertz CT molecular complexity index is 870. The summed E-state index contributed by atoms with van der Waals surface area (Å²) in [6, 6.07) is 8.08. The maximum atomic E-state index is 13.2. The zero-order valence-electron chi connectivity index (χ0n) is 16.2. The molecule has 1 amide bonds. The minimum atomic E-state index is -0.777. The van der Waals surface area contributed by atoms with E-state index in [2.05, 4.69) is 10.3 Å². The van der Waals surface area contributed by atoms with Crippen molar-refractivity contribution in [3.63, 3.8) is 0 Å². The third-order valence-corrected chi connectivity index (χ3v) is 5.72. The number of carbonyl (C=O) groups is 2. The molecule has 7 nitrogen and oxygen atoms in total. The van der Waals surface area contributed by atoms with Gasteiger partial charge in [-0.25, -0.2) is 4.68 Å². The van der Waals surface area contributed by atoms with E-state index >= 15 is 0 Å². The molecule has 0 bridgehead atoms. The van der Waals surface area contributed by atoms with Gasteiger partial charge in [0.25, 0.3) is 5.91 Å². The second-order valence-corrected chi connectivity index (χ2v) is 8.04. The largest absolute Gasteiger partial charge is 0.481 e. The molecule has 0 radical (unpaired) electrons. The minimum absolute atomic E-state index is 0.0692. The number of benzene rings is 1. The summed E-state index contributed by atoms with van der Waals surface area (Å²) < 4.78 is 1.82. The van der Waals surface area contributed by atoms with E-state index in [4.69, 9.17) is 5.11 Å².